The van der Waals surface area contributed by atoms with E-state index in [1.165, 1.54) is 14.2 Å². The number of phenols is 1. The van der Waals surface area contributed by atoms with Gasteiger partial charge >= 0.3 is 0 Å². The van der Waals surface area contributed by atoms with E-state index in [2.05, 4.69) is 5.32 Å². The van der Waals surface area contributed by atoms with Crippen molar-refractivity contribution in [2.45, 2.75) is 42.9 Å². The summed E-state index contributed by atoms with van der Waals surface area (Å²) in [5.41, 5.74) is 2.29. The lowest BCUT2D eigenvalue weighted by atomic mass is 9.55. The van der Waals surface area contributed by atoms with Gasteiger partial charge in [-0.2, -0.15) is 0 Å². The molecule has 1 aliphatic heterocycles. The molecule has 1 fully saturated rings. The third kappa shape index (κ3) is 1.87. The molecule has 1 heterocycles. The number of aromatic hydroxyl groups is 1. The van der Waals surface area contributed by atoms with Crippen molar-refractivity contribution in [2.75, 3.05) is 20.8 Å². The van der Waals surface area contributed by atoms with Crippen molar-refractivity contribution in [1.82, 2.24) is 5.32 Å². The Bertz CT molecular complexity index is 716. The number of aliphatic hydroxyl groups excluding tert-OH is 2. The van der Waals surface area contributed by atoms with Crippen LogP contribution in [-0.2, 0) is 16.6 Å². The zero-order valence-electron chi connectivity index (χ0n) is 13.9. The van der Waals surface area contributed by atoms with E-state index in [0.29, 0.717) is 24.4 Å². The van der Waals surface area contributed by atoms with Crippen LogP contribution in [0.3, 0.4) is 0 Å². The fraction of sp³-hybridized carbons (Fsp3) is 0.556. The van der Waals surface area contributed by atoms with Gasteiger partial charge in [-0.1, -0.05) is 6.07 Å². The third-order valence-corrected chi connectivity index (χ3v) is 5.83. The summed E-state index contributed by atoms with van der Waals surface area (Å²) in [5.74, 6) is 0.991. The number of methoxy groups -OCH3 is 2. The number of aliphatic hydroxyl groups is 2. The number of fused-ring (bicyclic) bond motifs is 1. The van der Waals surface area contributed by atoms with E-state index in [1.54, 1.807) is 6.07 Å². The maximum Gasteiger partial charge on any atom is 0.162 e. The molecule has 1 aromatic rings. The van der Waals surface area contributed by atoms with Crippen molar-refractivity contribution in [3.8, 4) is 11.5 Å². The zero-order chi connectivity index (χ0) is 17.1. The van der Waals surface area contributed by atoms with Crippen LogP contribution in [0.15, 0.2) is 23.5 Å². The van der Waals surface area contributed by atoms with Crippen LogP contribution >= 0.6 is 0 Å². The molecule has 2 unspecified atom stereocenters. The molecule has 1 aromatic carbocycles. The van der Waals surface area contributed by atoms with E-state index >= 15 is 0 Å². The Labute approximate surface area is 140 Å². The largest absolute Gasteiger partial charge is 0.504 e. The lowest BCUT2D eigenvalue weighted by Gasteiger charge is -2.53. The first-order valence-electron chi connectivity index (χ1n) is 8.31. The van der Waals surface area contributed by atoms with Gasteiger partial charge in [0.05, 0.1) is 20.3 Å². The molecule has 4 N–H and O–H groups in total. The van der Waals surface area contributed by atoms with Gasteiger partial charge in [0.1, 0.15) is 11.9 Å². The van der Waals surface area contributed by atoms with Gasteiger partial charge in [-0.05, 0) is 43.0 Å². The Kier molecular flexibility index (Phi) is 3.53. The second kappa shape index (κ2) is 5.37. The Morgan fingerprint density at radius 2 is 2.00 bits per heavy atom. The van der Waals surface area contributed by atoms with Crippen LogP contribution in [0.2, 0.25) is 0 Å². The minimum Gasteiger partial charge on any atom is -0.504 e. The highest BCUT2D eigenvalue weighted by atomic mass is 16.5. The molecule has 2 bridgehead atoms. The van der Waals surface area contributed by atoms with Gasteiger partial charge in [-0.3, -0.25) is 0 Å². The van der Waals surface area contributed by atoms with Crippen molar-refractivity contribution in [3.63, 3.8) is 0 Å². The smallest absolute Gasteiger partial charge is 0.162 e. The van der Waals surface area contributed by atoms with E-state index in [9.17, 15) is 15.3 Å². The predicted octanol–water partition coefficient (Wildman–Crippen LogP) is 0.583. The van der Waals surface area contributed by atoms with Crippen LogP contribution < -0.4 is 10.1 Å². The molecular formula is C18H23NO5. The summed E-state index contributed by atoms with van der Waals surface area (Å²) in [6, 6.07) is 3.80. The Morgan fingerprint density at radius 3 is 2.71 bits per heavy atom. The summed E-state index contributed by atoms with van der Waals surface area (Å²) in [5, 5.41) is 35.2. The highest BCUT2D eigenvalue weighted by Gasteiger charge is 2.55. The molecule has 0 radical (unpaired) electrons. The fourth-order valence-electron chi connectivity index (χ4n) is 4.92. The molecule has 6 heteroatoms. The molecule has 4 atom stereocenters. The van der Waals surface area contributed by atoms with Gasteiger partial charge in [-0.15, -0.1) is 0 Å². The van der Waals surface area contributed by atoms with Gasteiger partial charge in [0.25, 0.3) is 0 Å². The summed E-state index contributed by atoms with van der Waals surface area (Å²) in [6.45, 7) is 0.782. The molecule has 6 nitrogen and oxygen atoms in total. The topological polar surface area (TPSA) is 91.2 Å². The number of hydrogen-bond donors (Lipinski definition) is 4. The fourth-order valence-corrected chi connectivity index (χ4v) is 4.92. The van der Waals surface area contributed by atoms with Crippen molar-refractivity contribution < 1.29 is 24.8 Å². The van der Waals surface area contributed by atoms with E-state index < -0.39 is 17.6 Å². The van der Waals surface area contributed by atoms with Crippen LogP contribution in [0, 0.1) is 0 Å². The van der Waals surface area contributed by atoms with Crippen molar-refractivity contribution in [3.05, 3.63) is 34.6 Å². The Hall–Kier alpha value is -1.76. The molecule has 0 aromatic heterocycles. The van der Waals surface area contributed by atoms with E-state index in [0.717, 1.165) is 29.7 Å². The molecule has 0 spiro atoms. The number of piperidine rings is 1. The van der Waals surface area contributed by atoms with Crippen LogP contribution in [0.5, 0.6) is 11.5 Å². The van der Waals surface area contributed by atoms with Crippen LogP contribution in [0.4, 0.5) is 0 Å². The number of ether oxygens (including phenoxy) is 2. The van der Waals surface area contributed by atoms with Crippen molar-refractivity contribution >= 4 is 0 Å². The van der Waals surface area contributed by atoms with E-state index in [1.807, 2.05) is 6.07 Å². The molecule has 24 heavy (non-hydrogen) atoms. The first-order valence-corrected chi connectivity index (χ1v) is 8.31. The van der Waals surface area contributed by atoms with Crippen LogP contribution in [0.25, 0.3) is 0 Å². The minimum absolute atomic E-state index is 0.0381. The van der Waals surface area contributed by atoms with E-state index in [4.69, 9.17) is 9.47 Å². The number of nitrogens with one attached hydrogen (secondary N) is 1. The first kappa shape index (κ1) is 15.7. The molecule has 130 valence electrons. The van der Waals surface area contributed by atoms with E-state index in [-0.39, 0.29) is 11.8 Å². The number of phenolic OH excluding ortho intramolecular Hbond substituents is 1. The average Bonchev–Trinajstić information content (AvgIpc) is 2.55. The number of benzene rings is 1. The van der Waals surface area contributed by atoms with Crippen LogP contribution in [-0.4, -0.2) is 54.3 Å². The van der Waals surface area contributed by atoms with Gasteiger partial charge in [0.2, 0.25) is 0 Å². The highest BCUT2D eigenvalue weighted by molar-refractivity contribution is 5.62. The Morgan fingerprint density at radius 1 is 1.21 bits per heavy atom. The summed E-state index contributed by atoms with van der Waals surface area (Å²) >= 11 is 0. The van der Waals surface area contributed by atoms with Gasteiger partial charge in [0.15, 0.2) is 11.5 Å². The maximum absolute atomic E-state index is 10.8. The Balaban J connectivity index is 2.04. The summed E-state index contributed by atoms with van der Waals surface area (Å²) in [6.07, 6.45) is -0.167. The molecular weight excluding hydrogens is 310 g/mol. The number of hydrogen-bond acceptors (Lipinski definition) is 6. The second-order valence-corrected chi connectivity index (χ2v) is 6.89. The quantitative estimate of drug-likeness (QED) is 0.633. The zero-order valence-corrected chi connectivity index (χ0v) is 13.9. The standard InChI is InChI=1S/C18H23NO5/c1-23-12-4-3-9-7-10-14-17(24-2)15(21)11(20)8-18(14,5-6-19-10)13(9)16(12)22/h3-4,10-11,15,19-22H,5-8H2,1-2H3/t10-,11?,15?,18-/m1/s1. The molecule has 0 amide bonds. The highest BCUT2D eigenvalue weighted by Crippen LogP contribution is 2.57. The molecule has 3 aliphatic rings. The van der Waals surface area contributed by atoms with Crippen LogP contribution in [0.1, 0.15) is 24.0 Å². The summed E-state index contributed by atoms with van der Waals surface area (Å²) in [4.78, 5) is 0. The summed E-state index contributed by atoms with van der Waals surface area (Å²) < 4.78 is 10.8. The molecule has 4 rings (SSSR count). The SMILES string of the molecule is COC1=C2[C@H]3Cc4ccc(OC)c(O)c4[C@@]2(CCN3)CC(O)C1O. The molecule has 1 saturated heterocycles. The monoisotopic (exact) mass is 333 g/mol. The predicted molar refractivity (Wildman–Crippen MR) is 87.1 cm³/mol. The first-order chi connectivity index (χ1) is 11.5. The van der Waals surface area contributed by atoms with Crippen molar-refractivity contribution in [2.24, 2.45) is 0 Å². The average molecular weight is 333 g/mol. The summed E-state index contributed by atoms with van der Waals surface area (Å²) in [7, 11) is 3.05. The normalized spacial score (nSPS) is 34.4. The van der Waals surface area contributed by atoms with Gasteiger partial charge in [-0.25, -0.2) is 0 Å². The van der Waals surface area contributed by atoms with Gasteiger partial charge < -0.3 is 30.1 Å². The lowest BCUT2D eigenvalue weighted by Crippen LogP contribution is -2.59. The third-order valence-electron chi connectivity index (χ3n) is 5.83. The minimum atomic E-state index is -1.03. The lowest BCUT2D eigenvalue weighted by molar-refractivity contribution is -0.0260. The molecule has 0 saturated carbocycles. The van der Waals surface area contributed by atoms with Crippen molar-refractivity contribution in [1.29, 1.82) is 0 Å². The van der Waals surface area contributed by atoms with Gasteiger partial charge in [0, 0.05) is 17.0 Å². The second-order valence-electron chi connectivity index (χ2n) is 6.89. The maximum atomic E-state index is 10.8. The molecule has 2 aliphatic carbocycles. The number of rotatable bonds is 2.